The number of aromatic nitrogens is 3. The van der Waals surface area contributed by atoms with Gasteiger partial charge in [-0.3, -0.25) is 4.79 Å². The molecule has 0 spiro atoms. The Morgan fingerprint density at radius 1 is 1.19 bits per heavy atom. The fraction of sp³-hybridized carbons (Fsp3) is 0.158. The first-order valence-electron chi connectivity index (χ1n) is 8.13. The maximum Gasteiger partial charge on any atom is 0.338 e. The molecule has 1 N–H and O–H groups in total. The van der Waals surface area contributed by atoms with Crippen LogP contribution in [-0.2, 0) is 9.53 Å². The summed E-state index contributed by atoms with van der Waals surface area (Å²) in [5.41, 5.74) is 3.29. The van der Waals surface area contributed by atoms with Crippen LogP contribution < -0.4 is 5.32 Å². The van der Waals surface area contributed by atoms with Crippen LogP contribution in [0, 0.1) is 13.8 Å². The summed E-state index contributed by atoms with van der Waals surface area (Å²) in [6.45, 7) is 3.34. The number of rotatable bonds is 5. The summed E-state index contributed by atoms with van der Waals surface area (Å²) in [4.78, 5) is 28.3. The van der Waals surface area contributed by atoms with E-state index in [0.29, 0.717) is 22.0 Å². The molecular weight excluding hydrogens is 368 g/mol. The summed E-state index contributed by atoms with van der Waals surface area (Å²) < 4.78 is 6.62. The molecule has 1 amide bonds. The lowest BCUT2D eigenvalue weighted by Crippen LogP contribution is -2.22. The summed E-state index contributed by atoms with van der Waals surface area (Å²) in [5, 5.41) is 7.17. The molecule has 0 saturated heterocycles. The number of nitrogens with zero attached hydrogens (tertiary/aromatic N) is 3. The summed E-state index contributed by atoms with van der Waals surface area (Å²) in [6, 6.07) is 10.4. The third-order valence-electron chi connectivity index (χ3n) is 3.83. The first kappa shape index (κ1) is 18.6. The minimum atomic E-state index is -0.551. The van der Waals surface area contributed by atoms with E-state index in [1.165, 1.54) is 17.3 Å². The normalized spacial score (nSPS) is 10.5. The zero-order chi connectivity index (χ0) is 19.4. The number of halogens is 1. The maximum atomic E-state index is 12.2. The van der Waals surface area contributed by atoms with Crippen molar-refractivity contribution in [1.29, 1.82) is 0 Å². The Bertz CT molecular complexity index is 987. The largest absolute Gasteiger partial charge is 0.452 e. The number of carbonyl (C=O) groups is 2. The number of amides is 1. The van der Waals surface area contributed by atoms with E-state index < -0.39 is 18.5 Å². The number of anilines is 1. The van der Waals surface area contributed by atoms with Gasteiger partial charge in [0, 0.05) is 5.02 Å². The van der Waals surface area contributed by atoms with Crippen molar-refractivity contribution in [1.82, 2.24) is 14.8 Å². The van der Waals surface area contributed by atoms with Gasteiger partial charge in [-0.2, -0.15) is 5.10 Å². The van der Waals surface area contributed by atoms with Gasteiger partial charge in [-0.1, -0.05) is 29.3 Å². The molecule has 0 bridgehead atoms. The minimum absolute atomic E-state index is 0.421. The van der Waals surface area contributed by atoms with Gasteiger partial charge in [0.1, 0.15) is 12.7 Å². The van der Waals surface area contributed by atoms with Gasteiger partial charge < -0.3 is 10.1 Å². The van der Waals surface area contributed by atoms with Gasteiger partial charge in [-0.25, -0.2) is 14.5 Å². The number of ether oxygens (including phenoxy) is 1. The molecule has 138 valence electrons. The maximum absolute atomic E-state index is 12.2. The fourth-order valence-electron chi connectivity index (χ4n) is 2.58. The van der Waals surface area contributed by atoms with Crippen LogP contribution in [0.3, 0.4) is 0 Å². The van der Waals surface area contributed by atoms with Gasteiger partial charge >= 0.3 is 5.97 Å². The van der Waals surface area contributed by atoms with Crippen molar-refractivity contribution in [2.45, 2.75) is 13.8 Å². The second-order valence-electron chi connectivity index (χ2n) is 5.94. The van der Waals surface area contributed by atoms with Gasteiger partial charge in [0.25, 0.3) is 5.91 Å². The molecule has 3 aromatic rings. The molecule has 0 fully saturated rings. The number of benzene rings is 2. The molecule has 27 heavy (non-hydrogen) atoms. The summed E-state index contributed by atoms with van der Waals surface area (Å²) in [6.07, 6.45) is 2.88. The smallest absolute Gasteiger partial charge is 0.338 e. The quantitative estimate of drug-likeness (QED) is 0.682. The molecular formula is C19H17ClN4O3. The standard InChI is InChI=1S/C19H17ClN4O3/c1-12-3-5-15(13(2)7-12)19(26)27-9-18(25)23-16-8-14(20)4-6-17(16)24-11-21-10-22-24/h3-8,10-11H,9H2,1-2H3,(H,23,25). The molecule has 0 unspecified atom stereocenters. The molecule has 0 aliphatic heterocycles. The monoisotopic (exact) mass is 384 g/mol. The molecule has 3 rings (SSSR count). The Kier molecular flexibility index (Phi) is 5.52. The van der Waals surface area contributed by atoms with Crippen molar-refractivity contribution in [3.05, 3.63) is 70.8 Å². The molecule has 1 heterocycles. The zero-order valence-corrected chi connectivity index (χ0v) is 15.5. The van der Waals surface area contributed by atoms with Crippen LogP contribution in [0.25, 0.3) is 5.69 Å². The average molecular weight is 385 g/mol. The SMILES string of the molecule is Cc1ccc(C(=O)OCC(=O)Nc2cc(Cl)ccc2-n2cncn2)c(C)c1. The Balaban J connectivity index is 1.68. The third-order valence-corrected chi connectivity index (χ3v) is 4.07. The number of esters is 1. The molecule has 8 heteroatoms. The summed E-state index contributed by atoms with van der Waals surface area (Å²) in [7, 11) is 0. The van der Waals surface area contributed by atoms with Gasteiger partial charge in [0.2, 0.25) is 0 Å². The van der Waals surface area contributed by atoms with Crippen LogP contribution in [0.5, 0.6) is 0 Å². The highest BCUT2D eigenvalue weighted by Crippen LogP contribution is 2.24. The summed E-state index contributed by atoms with van der Waals surface area (Å²) in [5.74, 6) is -1.04. The van der Waals surface area contributed by atoms with Crippen LogP contribution in [0.15, 0.2) is 49.1 Å². The second-order valence-corrected chi connectivity index (χ2v) is 6.38. The van der Waals surface area contributed by atoms with E-state index in [1.54, 1.807) is 24.3 Å². The fourth-order valence-corrected chi connectivity index (χ4v) is 2.75. The van der Waals surface area contributed by atoms with Crippen molar-refractivity contribution in [2.24, 2.45) is 0 Å². The van der Waals surface area contributed by atoms with Gasteiger partial charge in [-0.15, -0.1) is 0 Å². The molecule has 7 nitrogen and oxygen atoms in total. The lowest BCUT2D eigenvalue weighted by Gasteiger charge is -2.12. The Labute approximate surface area is 160 Å². The zero-order valence-electron chi connectivity index (χ0n) is 14.8. The minimum Gasteiger partial charge on any atom is -0.452 e. The van der Waals surface area contributed by atoms with Crippen LogP contribution >= 0.6 is 11.6 Å². The molecule has 0 aliphatic carbocycles. The van der Waals surface area contributed by atoms with Crippen molar-refractivity contribution >= 4 is 29.2 Å². The number of carbonyl (C=O) groups excluding carboxylic acids is 2. The number of aryl methyl sites for hydroxylation is 2. The number of hydrogen-bond acceptors (Lipinski definition) is 5. The van der Waals surface area contributed by atoms with Gasteiger partial charge in [0.15, 0.2) is 6.61 Å². The van der Waals surface area contributed by atoms with E-state index in [-0.39, 0.29) is 0 Å². The highest BCUT2D eigenvalue weighted by atomic mass is 35.5. The first-order chi connectivity index (χ1) is 12.9. The van der Waals surface area contributed by atoms with E-state index in [2.05, 4.69) is 15.4 Å². The number of nitrogens with one attached hydrogen (secondary N) is 1. The second kappa shape index (κ2) is 8.01. The average Bonchev–Trinajstić information content (AvgIpc) is 3.14. The predicted octanol–water partition coefficient (Wildman–Crippen LogP) is 3.33. The van der Waals surface area contributed by atoms with Gasteiger partial charge in [-0.05, 0) is 43.7 Å². The third kappa shape index (κ3) is 4.51. The van der Waals surface area contributed by atoms with E-state index in [4.69, 9.17) is 16.3 Å². The number of hydrogen-bond donors (Lipinski definition) is 1. The Morgan fingerprint density at radius 2 is 2.00 bits per heavy atom. The van der Waals surface area contributed by atoms with Crippen LogP contribution in [-0.4, -0.2) is 33.2 Å². The van der Waals surface area contributed by atoms with E-state index >= 15 is 0 Å². The lowest BCUT2D eigenvalue weighted by molar-refractivity contribution is -0.119. The molecule has 1 aromatic heterocycles. The van der Waals surface area contributed by atoms with Crippen molar-refractivity contribution in [3.63, 3.8) is 0 Å². The van der Waals surface area contributed by atoms with Crippen LogP contribution in [0.4, 0.5) is 5.69 Å². The van der Waals surface area contributed by atoms with Crippen LogP contribution in [0.2, 0.25) is 5.02 Å². The predicted molar refractivity (Wildman–Crippen MR) is 101 cm³/mol. The molecule has 0 saturated carbocycles. The van der Waals surface area contributed by atoms with Crippen molar-refractivity contribution in [3.8, 4) is 5.69 Å². The van der Waals surface area contributed by atoms with Gasteiger partial charge in [0.05, 0.1) is 16.9 Å². The Morgan fingerprint density at radius 3 is 2.70 bits per heavy atom. The van der Waals surface area contributed by atoms with Crippen molar-refractivity contribution in [2.75, 3.05) is 11.9 Å². The Hall–Kier alpha value is -3.19. The molecule has 0 aliphatic rings. The van der Waals surface area contributed by atoms with E-state index in [9.17, 15) is 9.59 Å². The highest BCUT2D eigenvalue weighted by Gasteiger charge is 2.14. The topological polar surface area (TPSA) is 86.1 Å². The van der Waals surface area contributed by atoms with Crippen molar-refractivity contribution < 1.29 is 14.3 Å². The lowest BCUT2D eigenvalue weighted by atomic mass is 10.1. The molecule has 2 aromatic carbocycles. The molecule has 0 radical (unpaired) electrons. The summed E-state index contributed by atoms with van der Waals surface area (Å²) >= 11 is 6.02. The van der Waals surface area contributed by atoms with Crippen LogP contribution in [0.1, 0.15) is 21.5 Å². The van der Waals surface area contributed by atoms with E-state index in [1.807, 2.05) is 26.0 Å². The van der Waals surface area contributed by atoms with E-state index in [0.717, 1.165) is 11.1 Å². The highest BCUT2D eigenvalue weighted by molar-refractivity contribution is 6.31. The first-order valence-corrected chi connectivity index (χ1v) is 8.50. The molecule has 0 atom stereocenters.